The normalized spacial score (nSPS) is 12.9. The van der Waals surface area contributed by atoms with E-state index >= 15 is 0 Å². The van der Waals surface area contributed by atoms with E-state index in [-0.39, 0.29) is 67.8 Å². The molecule has 2 aromatic rings. The average molecular weight is 562 g/mol. The second kappa shape index (κ2) is 16.1. The average Bonchev–Trinajstić information content (AvgIpc) is 2.83. The first-order chi connectivity index (χ1) is 15.6. The number of hydrogen-bond acceptors (Lipinski definition) is 6. The standard InChI is InChI=1S/C17H15F5NO6S2.CH3F.K/c1-26-12-6-8-15(9-7-12)30(24)29-23-31(25)28-14-4-2-13(3-5-14)27-11-17(21,22)16(19,20)10-18;1-2;/h2-9H,10-11H2,1H3;1H3;/q-1;;+1. The molecule has 2 atom stereocenters. The summed E-state index contributed by atoms with van der Waals surface area (Å²) in [5.74, 6) is -9.37. The molecule has 0 heterocycles. The SMILES string of the molecule is CF.COc1ccc(S(=O)O[N-]S(=O)Oc2ccc(OCC(F)(F)C(F)(F)CF)cc2)cc1.[K+]. The van der Waals surface area contributed by atoms with Crippen molar-refractivity contribution in [1.82, 2.24) is 0 Å². The summed E-state index contributed by atoms with van der Waals surface area (Å²) in [7, 11) is 1.96. The molecule has 7 nitrogen and oxygen atoms in total. The van der Waals surface area contributed by atoms with E-state index in [4.69, 9.17) is 8.92 Å². The van der Waals surface area contributed by atoms with Crippen LogP contribution in [0.25, 0.3) is 4.89 Å². The maximum atomic E-state index is 13.2. The van der Waals surface area contributed by atoms with E-state index in [0.29, 0.717) is 12.9 Å². The molecule has 0 saturated carbocycles. The molecule has 0 bridgehead atoms. The van der Waals surface area contributed by atoms with Crippen molar-refractivity contribution in [3.63, 3.8) is 0 Å². The second-order valence-electron chi connectivity index (χ2n) is 5.66. The van der Waals surface area contributed by atoms with Crippen molar-refractivity contribution in [2.45, 2.75) is 16.7 Å². The summed E-state index contributed by atoms with van der Waals surface area (Å²) >= 11 is -4.50. The molecule has 0 saturated heterocycles. The number of halogens is 6. The Morgan fingerprint density at radius 2 is 1.35 bits per heavy atom. The molecule has 2 aromatic carbocycles. The zero-order chi connectivity index (χ0) is 25.1. The molecule has 0 aliphatic rings. The number of nitrogens with zero attached hydrogens (tertiary/aromatic N) is 1. The van der Waals surface area contributed by atoms with Crippen LogP contribution in [-0.4, -0.2) is 47.8 Å². The van der Waals surface area contributed by atoms with Gasteiger partial charge >= 0.3 is 63.2 Å². The Kier molecular flexibility index (Phi) is 15.8. The van der Waals surface area contributed by atoms with Crippen LogP contribution in [-0.2, 0) is 26.6 Å². The summed E-state index contributed by atoms with van der Waals surface area (Å²) in [5.41, 5.74) is 0. The topological polar surface area (TPSA) is 85.2 Å². The van der Waals surface area contributed by atoms with Crippen LogP contribution in [0.1, 0.15) is 0 Å². The summed E-state index contributed by atoms with van der Waals surface area (Å²) < 4.78 is 116. The molecule has 0 aliphatic carbocycles. The fourth-order valence-electron chi connectivity index (χ4n) is 1.85. The van der Waals surface area contributed by atoms with Gasteiger partial charge in [0.1, 0.15) is 28.5 Å². The van der Waals surface area contributed by atoms with E-state index in [1.165, 1.54) is 31.4 Å². The molecule has 0 radical (unpaired) electrons. The van der Waals surface area contributed by atoms with Crippen LogP contribution in [0.2, 0.25) is 0 Å². The predicted molar refractivity (Wildman–Crippen MR) is 107 cm³/mol. The number of hydrogen-bond donors (Lipinski definition) is 0. The van der Waals surface area contributed by atoms with Crippen molar-refractivity contribution in [3.8, 4) is 17.2 Å². The smallest absolute Gasteiger partial charge is 0.497 e. The van der Waals surface area contributed by atoms with Crippen molar-refractivity contribution in [1.29, 1.82) is 0 Å². The number of ether oxygens (including phenoxy) is 2. The first-order valence-electron chi connectivity index (χ1n) is 8.55. The largest absolute Gasteiger partial charge is 1.00 e. The summed E-state index contributed by atoms with van der Waals surface area (Å²) in [4.78, 5) is 3.36. The van der Waals surface area contributed by atoms with Gasteiger partial charge < -0.3 is 22.8 Å². The summed E-state index contributed by atoms with van der Waals surface area (Å²) in [6, 6.07) is 10.3. The summed E-state index contributed by atoms with van der Waals surface area (Å²) in [6.07, 6.45) is 0. The van der Waals surface area contributed by atoms with Gasteiger partial charge in [0, 0.05) is 0 Å². The third kappa shape index (κ3) is 10.5. The quantitative estimate of drug-likeness (QED) is 0.224. The molecule has 186 valence electrons. The third-order valence-corrected chi connectivity index (χ3v) is 5.02. The van der Waals surface area contributed by atoms with E-state index in [9.17, 15) is 34.8 Å². The van der Waals surface area contributed by atoms with Crippen LogP contribution >= 0.6 is 0 Å². The van der Waals surface area contributed by atoms with Gasteiger partial charge in [0.25, 0.3) is 0 Å². The molecule has 2 rings (SSSR count). The molecule has 34 heavy (non-hydrogen) atoms. The van der Waals surface area contributed by atoms with Crippen LogP contribution in [0.15, 0.2) is 53.4 Å². The zero-order valence-corrected chi connectivity index (χ0v) is 22.8. The molecule has 0 spiro atoms. The van der Waals surface area contributed by atoms with Gasteiger partial charge in [0.15, 0.2) is 24.4 Å². The van der Waals surface area contributed by atoms with Gasteiger partial charge in [0.05, 0.1) is 19.2 Å². The molecule has 2 unspecified atom stereocenters. The minimum Gasteiger partial charge on any atom is -0.497 e. The first kappa shape index (κ1) is 33.3. The second-order valence-corrected chi connectivity index (χ2v) is 7.50. The number of rotatable bonds is 12. The summed E-state index contributed by atoms with van der Waals surface area (Å²) in [6.45, 7) is -4.28. The molecule has 0 N–H and O–H groups in total. The molecule has 0 aromatic heterocycles. The Morgan fingerprint density at radius 1 is 0.853 bits per heavy atom. The van der Waals surface area contributed by atoms with E-state index in [0.717, 1.165) is 24.3 Å². The number of benzene rings is 2. The van der Waals surface area contributed by atoms with E-state index in [1.807, 2.05) is 0 Å². The minimum absolute atomic E-state index is 0. The van der Waals surface area contributed by atoms with Crippen molar-refractivity contribution in [3.05, 3.63) is 53.4 Å². The third-order valence-electron chi connectivity index (χ3n) is 3.53. The molecule has 0 fully saturated rings. The number of alkyl halides is 6. The Bertz CT molecular complexity index is 909. The molecule has 0 amide bonds. The maximum Gasteiger partial charge on any atom is 1.00 e. The van der Waals surface area contributed by atoms with Gasteiger partial charge in [-0.2, -0.15) is 17.6 Å². The fourth-order valence-corrected chi connectivity index (χ4v) is 3.02. The molecule has 16 heteroatoms. The van der Waals surface area contributed by atoms with Crippen LogP contribution in [0, 0.1) is 0 Å². The minimum atomic E-state index is -4.86. The van der Waals surface area contributed by atoms with Crippen molar-refractivity contribution < 1.29 is 104 Å². The van der Waals surface area contributed by atoms with Crippen LogP contribution in [0.5, 0.6) is 17.2 Å². The van der Waals surface area contributed by atoms with Crippen LogP contribution < -0.4 is 65.0 Å². The van der Waals surface area contributed by atoms with Gasteiger partial charge in [0.2, 0.25) is 0 Å². The molecular weight excluding hydrogens is 543 g/mol. The van der Waals surface area contributed by atoms with Crippen LogP contribution in [0.4, 0.5) is 26.3 Å². The van der Waals surface area contributed by atoms with E-state index in [2.05, 4.69) is 13.9 Å². The van der Waals surface area contributed by atoms with Crippen molar-refractivity contribution in [2.24, 2.45) is 0 Å². The van der Waals surface area contributed by atoms with Gasteiger partial charge in [-0.1, -0.05) is 0 Å². The summed E-state index contributed by atoms with van der Waals surface area (Å²) in [5, 5.41) is 0. The van der Waals surface area contributed by atoms with Gasteiger partial charge in [-0.15, -0.1) is 0 Å². The Balaban J connectivity index is 0.00000353. The Morgan fingerprint density at radius 3 is 1.85 bits per heavy atom. The van der Waals surface area contributed by atoms with Crippen LogP contribution in [0.3, 0.4) is 0 Å². The number of methoxy groups -OCH3 is 1. The van der Waals surface area contributed by atoms with Crippen molar-refractivity contribution in [2.75, 3.05) is 27.6 Å². The van der Waals surface area contributed by atoms with Gasteiger partial charge in [-0.25, -0.2) is 12.8 Å². The van der Waals surface area contributed by atoms with E-state index < -0.39 is 47.5 Å². The zero-order valence-electron chi connectivity index (χ0n) is 18.0. The molecular formula is C18H18F6KNO6S2. The van der Waals surface area contributed by atoms with Gasteiger partial charge in [-0.3, -0.25) is 4.39 Å². The maximum absolute atomic E-state index is 13.2. The Hall–Kier alpha value is -0.724. The molecule has 0 aliphatic heterocycles. The van der Waals surface area contributed by atoms with E-state index in [1.54, 1.807) is 0 Å². The Labute approximate surface area is 239 Å². The predicted octanol–water partition coefficient (Wildman–Crippen LogP) is 1.89. The fraction of sp³-hybridized carbons (Fsp3) is 0.333. The van der Waals surface area contributed by atoms with Crippen molar-refractivity contribution >= 4 is 22.3 Å². The van der Waals surface area contributed by atoms with Gasteiger partial charge in [-0.05, 0) is 48.5 Å². The first-order valence-corrected chi connectivity index (χ1v) is 10.7. The monoisotopic (exact) mass is 561 g/mol.